The summed E-state index contributed by atoms with van der Waals surface area (Å²) >= 11 is 6.00. The summed E-state index contributed by atoms with van der Waals surface area (Å²) < 4.78 is 5.32. The van der Waals surface area contributed by atoms with E-state index in [1.807, 2.05) is 18.2 Å². The van der Waals surface area contributed by atoms with Crippen LogP contribution in [0, 0.1) is 0 Å². The third-order valence-corrected chi connectivity index (χ3v) is 3.56. The van der Waals surface area contributed by atoms with Crippen LogP contribution < -0.4 is 10.1 Å². The first-order valence-electron chi connectivity index (χ1n) is 6.07. The van der Waals surface area contributed by atoms with Gasteiger partial charge in [-0.15, -0.1) is 0 Å². The Hall–Kier alpha value is -0.770. The molecule has 0 heterocycles. The van der Waals surface area contributed by atoms with Gasteiger partial charge in [-0.25, -0.2) is 0 Å². The van der Waals surface area contributed by atoms with Gasteiger partial charge in [-0.1, -0.05) is 11.6 Å². The largest absolute Gasteiger partial charge is 0.496 e. The predicted octanol–water partition coefficient (Wildman–Crippen LogP) is 2.78. The summed E-state index contributed by atoms with van der Waals surface area (Å²) in [5.41, 5.74) is 1.20. The van der Waals surface area contributed by atoms with Crippen molar-refractivity contribution in [3.05, 3.63) is 28.8 Å². The second-order valence-electron chi connectivity index (χ2n) is 5.27. The van der Waals surface area contributed by atoms with E-state index in [0.29, 0.717) is 0 Å². The van der Waals surface area contributed by atoms with E-state index in [9.17, 15) is 0 Å². The molecule has 18 heavy (non-hydrogen) atoms. The van der Waals surface area contributed by atoms with Crippen LogP contribution in [0.5, 0.6) is 5.75 Å². The molecule has 0 radical (unpaired) electrons. The summed E-state index contributed by atoms with van der Waals surface area (Å²) in [5, 5.41) is 4.18. The molecule has 0 saturated carbocycles. The van der Waals surface area contributed by atoms with Crippen LogP contribution in [0.25, 0.3) is 0 Å². The van der Waals surface area contributed by atoms with Gasteiger partial charge in [0.1, 0.15) is 5.75 Å². The molecule has 1 aromatic rings. The molecule has 1 aromatic carbocycles. The summed E-state index contributed by atoms with van der Waals surface area (Å²) in [5.74, 6) is 0.870. The number of halogens is 1. The second kappa shape index (κ2) is 6.41. The van der Waals surface area contributed by atoms with Gasteiger partial charge in [0.05, 0.1) is 7.11 Å². The molecule has 0 amide bonds. The zero-order valence-electron chi connectivity index (χ0n) is 11.9. The SMILES string of the molecule is COc1ccc(Cl)cc1CNCC(C)(C)N(C)C. The summed E-state index contributed by atoms with van der Waals surface area (Å²) in [7, 11) is 5.85. The van der Waals surface area contributed by atoms with E-state index >= 15 is 0 Å². The number of hydrogen-bond donors (Lipinski definition) is 1. The number of nitrogens with one attached hydrogen (secondary N) is 1. The van der Waals surface area contributed by atoms with Gasteiger partial charge in [-0.3, -0.25) is 0 Å². The lowest BCUT2D eigenvalue weighted by atomic mass is 10.0. The highest BCUT2D eigenvalue weighted by molar-refractivity contribution is 6.30. The third kappa shape index (κ3) is 4.16. The highest BCUT2D eigenvalue weighted by Crippen LogP contribution is 2.22. The average molecular weight is 271 g/mol. The molecule has 0 atom stereocenters. The molecule has 0 unspecified atom stereocenters. The third-order valence-electron chi connectivity index (χ3n) is 3.33. The predicted molar refractivity (Wildman–Crippen MR) is 77.5 cm³/mol. The van der Waals surface area contributed by atoms with E-state index in [2.05, 4.69) is 38.2 Å². The molecule has 0 bridgehead atoms. The first kappa shape index (κ1) is 15.3. The van der Waals surface area contributed by atoms with Crippen molar-refractivity contribution in [2.75, 3.05) is 27.7 Å². The molecule has 0 spiro atoms. The van der Waals surface area contributed by atoms with Crippen molar-refractivity contribution in [3.8, 4) is 5.75 Å². The van der Waals surface area contributed by atoms with Gasteiger partial charge in [-0.2, -0.15) is 0 Å². The molecular weight excluding hydrogens is 248 g/mol. The molecule has 4 heteroatoms. The number of ether oxygens (including phenoxy) is 1. The Balaban J connectivity index is 2.61. The Bertz CT molecular complexity index is 391. The first-order chi connectivity index (χ1) is 8.36. The van der Waals surface area contributed by atoms with Crippen molar-refractivity contribution in [3.63, 3.8) is 0 Å². The van der Waals surface area contributed by atoms with Gasteiger partial charge in [-0.05, 0) is 46.1 Å². The number of benzene rings is 1. The van der Waals surface area contributed by atoms with E-state index in [1.54, 1.807) is 7.11 Å². The Morgan fingerprint density at radius 3 is 2.56 bits per heavy atom. The molecule has 0 aliphatic heterocycles. The number of rotatable bonds is 6. The molecule has 3 nitrogen and oxygen atoms in total. The maximum atomic E-state index is 6.00. The minimum absolute atomic E-state index is 0.117. The topological polar surface area (TPSA) is 24.5 Å². The van der Waals surface area contributed by atoms with E-state index in [1.165, 1.54) is 0 Å². The molecule has 0 aliphatic carbocycles. The Labute approximate surface area is 115 Å². The van der Waals surface area contributed by atoms with Gasteiger partial charge in [0.25, 0.3) is 0 Å². The molecule has 102 valence electrons. The molecule has 0 fully saturated rings. The summed E-state index contributed by atoms with van der Waals surface area (Å²) in [6.45, 7) is 6.06. The smallest absolute Gasteiger partial charge is 0.123 e. The van der Waals surface area contributed by atoms with Crippen LogP contribution in [0.1, 0.15) is 19.4 Å². The molecule has 0 aliphatic rings. The van der Waals surface area contributed by atoms with Crippen molar-refractivity contribution < 1.29 is 4.74 Å². The quantitative estimate of drug-likeness (QED) is 0.860. The normalized spacial score (nSPS) is 11.9. The fourth-order valence-electron chi connectivity index (χ4n) is 1.55. The zero-order chi connectivity index (χ0) is 13.8. The molecule has 1 N–H and O–H groups in total. The molecule has 0 saturated heterocycles. The van der Waals surface area contributed by atoms with Gasteiger partial charge < -0.3 is 15.0 Å². The van der Waals surface area contributed by atoms with E-state index < -0.39 is 0 Å². The number of nitrogens with zero attached hydrogens (tertiary/aromatic N) is 1. The van der Waals surface area contributed by atoms with Crippen LogP contribution in [-0.4, -0.2) is 38.2 Å². The summed E-state index contributed by atoms with van der Waals surface area (Å²) in [6.07, 6.45) is 0. The van der Waals surface area contributed by atoms with Gasteiger partial charge >= 0.3 is 0 Å². The van der Waals surface area contributed by atoms with Gasteiger partial charge in [0.15, 0.2) is 0 Å². The number of methoxy groups -OCH3 is 1. The Morgan fingerprint density at radius 2 is 2.00 bits per heavy atom. The molecule has 0 aromatic heterocycles. The highest BCUT2D eigenvalue weighted by Gasteiger charge is 2.19. The summed E-state index contributed by atoms with van der Waals surface area (Å²) in [4.78, 5) is 2.20. The Kier molecular flexibility index (Phi) is 5.45. The fourth-order valence-corrected chi connectivity index (χ4v) is 1.74. The van der Waals surface area contributed by atoms with Crippen molar-refractivity contribution >= 4 is 11.6 Å². The van der Waals surface area contributed by atoms with Crippen LogP contribution in [0.2, 0.25) is 5.02 Å². The molecular formula is C14H23ClN2O. The van der Waals surface area contributed by atoms with Gasteiger partial charge in [0, 0.05) is 29.2 Å². The lowest BCUT2D eigenvalue weighted by molar-refractivity contribution is 0.189. The van der Waals surface area contributed by atoms with Crippen molar-refractivity contribution in [2.24, 2.45) is 0 Å². The van der Waals surface area contributed by atoms with Crippen LogP contribution in [-0.2, 0) is 6.54 Å². The van der Waals surface area contributed by atoms with Crippen molar-refractivity contribution in [1.29, 1.82) is 0 Å². The maximum Gasteiger partial charge on any atom is 0.123 e. The number of likely N-dealkylation sites (N-methyl/N-ethyl adjacent to an activating group) is 1. The van der Waals surface area contributed by atoms with E-state index in [4.69, 9.17) is 16.3 Å². The minimum Gasteiger partial charge on any atom is -0.496 e. The fraction of sp³-hybridized carbons (Fsp3) is 0.571. The monoisotopic (exact) mass is 270 g/mol. The summed E-state index contributed by atoms with van der Waals surface area (Å²) in [6, 6.07) is 5.68. The van der Waals surface area contributed by atoms with E-state index in [0.717, 1.165) is 29.4 Å². The standard InChI is InChI=1S/C14H23ClN2O/c1-14(2,17(3)4)10-16-9-11-8-12(15)6-7-13(11)18-5/h6-8,16H,9-10H2,1-5H3. The Morgan fingerprint density at radius 1 is 1.33 bits per heavy atom. The lowest BCUT2D eigenvalue weighted by Gasteiger charge is -2.32. The lowest BCUT2D eigenvalue weighted by Crippen LogP contribution is -2.46. The highest BCUT2D eigenvalue weighted by atomic mass is 35.5. The van der Waals surface area contributed by atoms with Crippen LogP contribution in [0.4, 0.5) is 0 Å². The molecule has 1 rings (SSSR count). The van der Waals surface area contributed by atoms with Crippen LogP contribution >= 0.6 is 11.6 Å². The second-order valence-corrected chi connectivity index (χ2v) is 5.70. The average Bonchev–Trinajstić information content (AvgIpc) is 2.29. The van der Waals surface area contributed by atoms with Gasteiger partial charge in [0.2, 0.25) is 0 Å². The minimum atomic E-state index is 0.117. The maximum absolute atomic E-state index is 6.00. The van der Waals surface area contributed by atoms with Crippen molar-refractivity contribution in [1.82, 2.24) is 10.2 Å². The first-order valence-corrected chi connectivity index (χ1v) is 6.45. The van der Waals surface area contributed by atoms with Crippen LogP contribution in [0.15, 0.2) is 18.2 Å². The van der Waals surface area contributed by atoms with Crippen LogP contribution in [0.3, 0.4) is 0 Å². The van der Waals surface area contributed by atoms with E-state index in [-0.39, 0.29) is 5.54 Å². The zero-order valence-corrected chi connectivity index (χ0v) is 12.6. The number of hydrogen-bond acceptors (Lipinski definition) is 3. The van der Waals surface area contributed by atoms with Crippen molar-refractivity contribution in [2.45, 2.75) is 25.9 Å².